The van der Waals surface area contributed by atoms with Gasteiger partial charge in [0.15, 0.2) is 11.5 Å². The van der Waals surface area contributed by atoms with Gasteiger partial charge in [-0.2, -0.15) is 0 Å². The van der Waals surface area contributed by atoms with E-state index in [0.717, 1.165) is 27.4 Å². The van der Waals surface area contributed by atoms with E-state index in [9.17, 15) is 0 Å². The van der Waals surface area contributed by atoms with E-state index in [0.29, 0.717) is 19.8 Å². The molecule has 1 aromatic heterocycles. The third-order valence-corrected chi connectivity index (χ3v) is 3.27. The SMILES string of the molecule is CCOc1ccc(NCc2ccc(Br)cn2)cc1OCC. The number of anilines is 1. The van der Waals surface area contributed by atoms with Crippen LogP contribution in [0, 0.1) is 0 Å². The van der Waals surface area contributed by atoms with Crippen molar-refractivity contribution in [2.45, 2.75) is 20.4 Å². The number of benzene rings is 1. The molecule has 0 saturated heterocycles. The van der Waals surface area contributed by atoms with Gasteiger partial charge in [-0.15, -0.1) is 0 Å². The predicted octanol–water partition coefficient (Wildman–Crippen LogP) is 4.25. The van der Waals surface area contributed by atoms with Crippen molar-refractivity contribution in [1.82, 2.24) is 4.98 Å². The summed E-state index contributed by atoms with van der Waals surface area (Å²) in [6, 6.07) is 9.81. The molecular formula is C16H19BrN2O2. The van der Waals surface area contributed by atoms with Gasteiger partial charge in [0.1, 0.15) is 0 Å². The smallest absolute Gasteiger partial charge is 0.163 e. The van der Waals surface area contributed by atoms with Crippen LogP contribution >= 0.6 is 15.9 Å². The van der Waals surface area contributed by atoms with E-state index in [2.05, 4.69) is 26.2 Å². The lowest BCUT2D eigenvalue weighted by molar-refractivity contribution is 0.288. The van der Waals surface area contributed by atoms with Crippen molar-refractivity contribution >= 4 is 21.6 Å². The molecule has 0 amide bonds. The summed E-state index contributed by atoms with van der Waals surface area (Å²) < 4.78 is 12.1. The Morgan fingerprint density at radius 2 is 1.81 bits per heavy atom. The van der Waals surface area contributed by atoms with Crippen molar-refractivity contribution in [2.24, 2.45) is 0 Å². The lowest BCUT2D eigenvalue weighted by Crippen LogP contribution is -2.03. The van der Waals surface area contributed by atoms with Gasteiger partial charge in [-0.25, -0.2) is 0 Å². The van der Waals surface area contributed by atoms with Crippen LogP contribution in [0.3, 0.4) is 0 Å². The lowest BCUT2D eigenvalue weighted by Gasteiger charge is -2.13. The minimum absolute atomic E-state index is 0.609. The van der Waals surface area contributed by atoms with Crippen LogP contribution in [0.4, 0.5) is 5.69 Å². The monoisotopic (exact) mass is 350 g/mol. The fourth-order valence-corrected chi connectivity index (χ4v) is 2.10. The number of rotatable bonds is 7. The van der Waals surface area contributed by atoms with Crippen molar-refractivity contribution in [3.05, 3.63) is 46.7 Å². The van der Waals surface area contributed by atoms with Crippen LogP contribution in [0.25, 0.3) is 0 Å². The van der Waals surface area contributed by atoms with Crippen LogP contribution in [0.15, 0.2) is 41.0 Å². The Hall–Kier alpha value is -1.75. The maximum absolute atomic E-state index is 5.61. The van der Waals surface area contributed by atoms with Gasteiger partial charge in [-0.1, -0.05) is 0 Å². The van der Waals surface area contributed by atoms with E-state index in [1.165, 1.54) is 0 Å². The normalized spacial score (nSPS) is 10.2. The molecule has 2 aromatic rings. The summed E-state index contributed by atoms with van der Waals surface area (Å²) >= 11 is 3.38. The summed E-state index contributed by atoms with van der Waals surface area (Å²) in [7, 11) is 0. The number of halogens is 1. The van der Waals surface area contributed by atoms with Crippen LogP contribution in [0.5, 0.6) is 11.5 Å². The fraction of sp³-hybridized carbons (Fsp3) is 0.312. The van der Waals surface area contributed by atoms with Crippen LogP contribution < -0.4 is 14.8 Å². The number of aromatic nitrogens is 1. The number of hydrogen-bond donors (Lipinski definition) is 1. The molecule has 0 aliphatic carbocycles. The Morgan fingerprint density at radius 1 is 1.05 bits per heavy atom. The molecule has 1 N–H and O–H groups in total. The first-order valence-electron chi connectivity index (χ1n) is 6.97. The minimum atomic E-state index is 0.609. The summed E-state index contributed by atoms with van der Waals surface area (Å²) in [6.07, 6.45) is 1.79. The zero-order valence-corrected chi connectivity index (χ0v) is 13.8. The maximum Gasteiger partial charge on any atom is 0.163 e. The highest BCUT2D eigenvalue weighted by Gasteiger charge is 2.06. The number of ether oxygens (including phenoxy) is 2. The van der Waals surface area contributed by atoms with E-state index in [4.69, 9.17) is 9.47 Å². The number of hydrogen-bond acceptors (Lipinski definition) is 4. The zero-order valence-electron chi connectivity index (χ0n) is 12.2. The van der Waals surface area contributed by atoms with Crippen LogP contribution in [0.1, 0.15) is 19.5 Å². The molecule has 1 heterocycles. The molecule has 0 aliphatic heterocycles. The summed E-state index contributed by atoms with van der Waals surface area (Å²) in [4.78, 5) is 4.33. The van der Waals surface area contributed by atoms with Gasteiger partial charge >= 0.3 is 0 Å². The van der Waals surface area contributed by atoms with E-state index in [1.54, 1.807) is 6.20 Å². The highest BCUT2D eigenvalue weighted by molar-refractivity contribution is 9.10. The summed E-state index contributed by atoms with van der Waals surface area (Å²) in [6.45, 7) is 5.81. The lowest BCUT2D eigenvalue weighted by atomic mass is 10.2. The second kappa shape index (κ2) is 7.88. The van der Waals surface area contributed by atoms with E-state index in [-0.39, 0.29) is 0 Å². The third-order valence-electron chi connectivity index (χ3n) is 2.81. The molecule has 5 heteroatoms. The molecule has 112 valence electrons. The van der Waals surface area contributed by atoms with Gasteiger partial charge in [-0.05, 0) is 54.0 Å². The van der Waals surface area contributed by atoms with Gasteiger partial charge < -0.3 is 14.8 Å². The number of pyridine rings is 1. The minimum Gasteiger partial charge on any atom is -0.490 e. The summed E-state index contributed by atoms with van der Waals surface area (Å²) in [5.41, 5.74) is 1.96. The van der Waals surface area contributed by atoms with Gasteiger partial charge in [0.05, 0.1) is 25.5 Å². The standard InChI is InChI=1S/C16H19BrN2O2/c1-3-20-15-8-7-13(9-16(15)21-4-2)19-11-14-6-5-12(17)10-18-14/h5-10,19H,3-4,11H2,1-2H3. The highest BCUT2D eigenvalue weighted by Crippen LogP contribution is 2.30. The molecule has 0 radical (unpaired) electrons. The molecule has 0 spiro atoms. The Labute approximate surface area is 133 Å². The Morgan fingerprint density at radius 3 is 2.48 bits per heavy atom. The Kier molecular flexibility index (Phi) is 5.87. The average molecular weight is 351 g/mol. The average Bonchev–Trinajstić information content (AvgIpc) is 2.49. The molecule has 0 aliphatic rings. The van der Waals surface area contributed by atoms with Crippen LogP contribution in [-0.2, 0) is 6.54 Å². The molecule has 1 aromatic carbocycles. The third kappa shape index (κ3) is 4.63. The fourth-order valence-electron chi connectivity index (χ4n) is 1.86. The van der Waals surface area contributed by atoms with Gasteiger partial charge in [-0.3, -0.25) is 4.98 Å². The van der Waals surface area contributed by atoms with Crippen LogP contribution in [0.2, 0.25) is 0 Å². The quantitative estimate of drug-likeness (QED) is 0.810. The molecule has 0 fully saturated rings. The van der Waals surface area contributed by atoms with Gasteiger partial charge in [0.2, 0.25) is 0 Å². The maximum atomic E-state index is 5.61. The zero-order chi connectivity index (χ0) is 15.1. The molecule has 0 unspecified atom stereocenters. The molecule has 21 heavy (non-hydrogen) atoms. The molecular weight excluding hydrogens is 332 g/mol. The molecule has 2 rings (SSSR count). The summed E-state index contributed by atoms with van der Waals surface area (Å²) in [5.74, 6) is 1.53. The van der Waals surface area contributed by atoms with Crippen molar-refractivity contribution in [3.63, 3.8) is 0 Å². The van der Waals surface area contributed by atoms with Gasteiger partial charge in [0, 0.05) is 22.4 Å². The van der Waals surface area contributed by atoms with Crippen LogP contribution in [-0.4, -0.2) is 18.2 Å². The number of nitrogens with zero attached hydrogens (tertiary/aromatic N) is 1. The highest BCUT2D eigenvalue weighted by atomic mass is 79.9. The van der Waals surface area contributed by atoms with E-state index in [1.807, 2.05) is 44.2 Å². The van der Waals surface area contributed by atoms with Gasteiger partial charge in [0.25, 0.3) is 0 Å². The first-order chi connectivity index (χ1) is 10.2. The second-order valence-electron chi connectivity index (χ2n) is 4.35. The predicted molar refractivity (Wildman–Crippen MR) is 88.0 cm³/mol. The van der Waals surface area contributed by atoms with Crippen molar-refractivity contribution in [3.8, 4) is 11.5 Å². The number of nitrogens with one attached hydrogen (secondary N) is 1. The molecule has 0 saturated carbocycles. The second-order valence-corrected chi connectivity index (χ2v) is 5.26. The first kappa shape index (κ1) is 15.6. The van der Waals surface area contributed by atoms with Crippen molar-refractivity contribution < 1.29 is 9.47 Å². The largest absolute Gasteiger partial charge is 0.490 e. The van der Waals surface area contributed by atoms with E-state index >= 15 is 0 Å². The topological polar surface area (TPSA) is 43.4 Å². The molecule has 0 bridgehead atoms. The van der Waals surface area contributed by atoms with E-state index < -0.39 is 0 Å². The molecule has 0 atom stereocenters. The Balaban J connectivity index is 2.05. The Bertz CT molecular complexity index is 573. The van der Waals surface area contributed by atoms with Crippen molar-refractivity contribution in [2.75, 3.05) is 18.5 Å². The molecule has 4 nitrogen and oxygen atoms in total. The first-order valence-corrected chi connectivity index (χ1v) is 7.76. The van der Waals surface area contributed by atoms with Crippen molar-refractivity contribution in [1.29, 1.82) is 0 Å². The summed E-state index contributed by atoms with van der Waals surface area (Å²) in [5, 5.41) is 3.34.